The minimum atomic E-state index is -2.79. The van der Waals surface area contributed by atoms with Crippen LogP contribution in [0.1, 0.15) is 43.0 Å². The van der Waals surface area contributed by atoms with Crippen molar-refractivity contribution in [2.45, 2.75) is 38.5 Å². The average molecular weight is 252 g/mol. The van der Waals surface area contributed by atoms with Gasteiger partial charge in [-0.15, -0.1) is 0 Å². The minimum Gasteiger partial charge on any atom is -0.294 e. The van der Waals surface area contributed by atoms with E-state index in [9.17, 15) is 13.6 Å². The zero-order valence-electron chi connectivity index (χ0n) is 10.5. The van der Waals surface area contributed by atoms with Crippen molar-refractivity contribution in [1.82, 2.24) is 0 Å². The Morgan fingerprint density at radius 3 is 2.50 bits per heavy atom. The van der Waals surface area contributed by atoms with Crippen molar-refractivity contribution in [3.63, 3.8) is 0 Å². The summed E-state index contributed by atoms with van der Waals surface area (Å²) in [5.41, 5.74) is 0.403. The van der Waals surface area contributed by atoms with E-state index in [2.05, 4.69) is 0 Å². The number of unbranched alkanes of at least 4 members (excludes halogenated alkanes) is 2. The number of hydrogen-bond donors (Lipinski definition) is 0. The molecule has 2 atom stereocenters. The van der Waals surface area contributed by atoms with Gasteiger partial charge < -0.3 is 0 Å². The van der Waals surface area contributed by atoms with E-state index in [1.165, 1.54) is 0 Å². The van der Waals surface area contributed by atoms with Crippen molar-refractivity contribution in [3.8, 4) is 0 Å². The number of Topliss-reactive ketones (excluding diaryl/α,β-unsaturated/α-hetero) is 1. The molecule has 0 heterocycles. The first-order chi connectivity index (χ1) is 8.59. The van der Waals surface area contributed by atoms with E-state index in [-0.39, 0.29) is 0 Å². The predicted molar refractivity (Wildman–Crippen MR) is 66.8 cm³/mol. The van der Waals surface area contributed by atoms with E-state index < -0.39 is 23.5 Å². The van der Waals surface area contributed by atoms with E-state index >= 15 is 0 Å². The lowest BCUT2D eigenvalue weighted by Gasteiger charge is -1.98. The van der Waals surface area contributed by atoms with E-state index in [1.807, 2.05) is 6.92 Å². The number of carbonyl (C=O) groups excluding carboxylic acids is 1. The second-order valence-corrected chi connectivity index (χ2v) is 4.98. The van der Waals surface area contributed by atoms with Gasteiger partial charge >= 0.3 is 0 Å². The van der Waals surface area contributed by atoms with Crippen LogP contribution < -0.4 is 0 Å². The first-order valence-corrected chi connectivity index (χ1v) is 6.56. The molecule has 3 heteroatoms. The molecule has 1 aliphatic carbocycles. The minimum absolute atomic E-state index is 0.401. The molecule has 0 aromatic heterocycles. The van der Waals surface area contributed by atoms with E-state index in [4.69, 9.17) is 0 Å². The van der Waals surface area contributed by atoms with Crippen LogP contribution in [0.5, 0.6) is 0 Å². The van der Waals surface area contributed by atoms with Gasteiger partial charge in [-0.05, 0) is 6.42 Å². The molecule has 2 rings (SSSR count). The Hall–Kier alpha value is -1.25. The molecule has 1 saturated carbocycles. The van der Waals surface area contributed by atoms with Gasteiger partial charge in [-0.25, -0.2) is 8.78 Å². The molecular weight excluding hydrogens is 234 g/mol. The molecule has 1 nitrogen and oxygen atoms in total. The Morgan fingerprint density at radius 1 is 1.22 bits per heavy atom. The number of hydrogen-bond acceptors (Lipinski definition) is 1. The SMILES string of the molecule is CCCCCC1C(C(=O)c2ccccc2)C1(F)F. The highest BCUT2D eigenvalue weighted by Gasteiger charge is 2.70. The first kappa shape index (κ1) is 13.2. The topological polar surface area (TPSA) is 17.1 Å². The molecule has 0 spiro atoms. The fourth-order valence-corrected chi connectivity index (χ4v) is 2.50. The Kier molecular flexibility index (Phi) is 3.79. The van der Waals surface area contributed by atoms with Gasteiger partial charge in [-0.2, -0.15) is 0 Å². The lowest BCUT2D eigenvalue weighted by atomic mass is 10.0. The van der Waals surface area contributed by atoms with Gasteiger partial charge in [0.2, 0.25) is 0 Å². The van der Waals surface area contributed by atoms with Crippen LogP contribution in [0.3, 0.4) is 0 Å². The molecule has 0 aliphatic heterocycles. The van der Waals surface area contributed by atoms with Crippen LogP contribution in [0.4, 0.5) is 8.78 Å². The van der Waals surface area contributed by atoms with Crippen molar-refractivity contribution in [2.24, 2.45) is 11.8 Å². The number of halogens is 2. The van der Waals surface area contributed by atoms with E-state index in [0.717, 1.165) is 19.3 Å². The average Bonchev–Trinajstić information content (AvgIpc) is 2.92. The van der Waals surface area contributed by atoms with Gasteiger partial charge in [0.15, 0.2) is 5.78 Å². The molecule has 0 N–H and O–H groups in total. The lowest BCUT2D eigenvalue weighted by molar-refractivity contribution is 0.0703. The molecule has 1 aliphatic rings. The summed E-state index contributed by atoms with van der Waals surface area (Å²) in [5.74, 6) is -5.02. The molecule has 0 amide bonds. The number of ketones is 1. The number of benzene rings is 1. The van der Waals surface area contributed by atoms with Crippen LogP contribution in [-0.2, 0) is 0 Å². The Bertz CT molecular complexity index is 414. The van der Waals surface area contributed by atoms with Gasteiger partial charge in [0.05, 0.1) is 5.92 Å². The van der Waals surface area contributed by atoms with Crippen LogP contribution in [-0.4, -0.2) is 11.7 Å². The zero-order chi connectivity index (χ0) is 13.2. The number of alkyl halides is 2. The summed E-state index contributed by atoms with van der Waals surface area (Å²) in [6.45, 7) is 2.04. The maximum atomic E-state index is 13.6. The molecular formula is C15H18F2O. The molecule has 2 unspecified atom stereocenters. The van der Waals surface area contributed by atoms with Crippen LogP contribution in [0, 0.1) is 11.8 Å². The molecule has 0 bridgehead atoms. The number of rotatable bonds is 6. The van der Waals surface area contributed by atoms with Crippen LogP contribution in [0.2, 0.25) is 0 Å². The van der Waals surface area contributed by atoms with Crippen molar-refractivity contribution in [3.05, 3.63) is 35.9 Å². The maximum Gasteiger partial charge on any atom is 0.262 e. The molecule has 1 aromatic carbocycles. The Balaban J connectivity index is 1.99. The highest BCUT2D eigenvalue weighted by atomic mass is 19.3. The molecule has 98 valence electrons. The van der Waals surface area contributed by atoms with Crippen LogP contribution in [0.15, 0.2) is 30.3 Å². The van der Waals surface area contributed by atoms with Crippen molar-refractivity contribution < 1.29 is 13.6 Å². The fourth-order valence-electron chi connectivity index (χ4n) is 2.50. The summed E-state index contributed by atoms with van der Waals surface area (Å²) in [7, 11) is 0. The highest BCUT2D eigenvalue weighted by molar-refractivity contribution is 6.00. The Morgan fingerprint density at radius 2 is 1.89 bits per heavy atom. The standard InChI is InChI=1S/C15H18F2O/c1-2-3-5-10-12-13(15(12,16)17)14(18)11-8-6-4-7-9-11/h4,6-9,12-13H,2-3,5,10H2,1H3. The molecule has 1 aromatic rings. The summed E-state index contributed by atoms with van der Waals surface area (Å²) < 4.78 is 27.2. The van der Waals surface area contributed by atoms with Crippen LogP contribution >= 0.6 is 0 Å². The second-order valence-electron chi connectivity index (χ2n) is 4.98. The third-order valence-electron chi connectivity index (χ3n) is 3.66. The van der Waals surface area contributed by atoms with Crippen molar-refractivity contribution >= 4 is 5.78 Å². The summed E-state index contributed by atoms with van der Waals surface area (Å²) in [5, 5.41) is 0. The van der Waals surface area contributed by atoms with Crippen molar-refractivity contribution in [1.29, 1.82) is 0 Å². The number of carbonyl (C=O) groups is 1. The van der Waals surface area contributed by atoms with Gasteiger partial charge in [0.1, 0.15) is 0 Å². The van der Waals surface area contributed by atoms with Gasteiger partial charge in [-0.1, -0.05) is 56.5 Å². The highest BCUT2D eigenvalue weighted by Crippen LogP contribution is 2.58. The van der Waals surface area contributed by atoms with Gasteiger partial charge in [0, 0.05) is 11.5 Å². The molecule has 0 radical (unpaired) electrons. The lowest BCUT2D eigenvalue weighted by Crippen LogP contribution is -2.07. The van der Waals surface area contributed by atoms with Crippen molar-refractivity contribution in [2.75, 3.05) is 0 Å². The van der Waals surface area contributed by atoms with Gasteiger partial charge in [0.25, 0.3) is 5.92 Å². The maximum absolute atomic E-state index is 13.6. The third-order valence-corrected chi connectivity index (χ3v) is 3.66. The summed E-state index contributed by atoms with van der Waals surface area (Å²) in [6.07, 6.45) is 3.22. The smallest absolute Gasteiger partial charge is 0.262 e. The zero-order valence-corrected chi connectivity index (χ0v) is 10.5. The molecule has 0 saturated heterocycles. The Labute approximate surface area is 106 Å². The summed E-state index contributed by atoms with van der Waals surface area (Å²) >= 11 is 0. The van der Waals surface area contributed by atoms with E-state index in [1.54, 1.807) is 30.3 Å². The fraction of sp³-hybridized carbons (Fsp3) is 0.533. The summed E-state index contributed by atoms with van der Waals surface area (Å²) in [4.78, 5) is 12.0. The normalized spacial score (nSPS) is 24.8. The second kappa shape index (κ2) is 5.17. The first-order valence-electron chi connectivity index (χ1n) is 6.56. The largest absolute Gasteiger partial charge is 0.294 e. The molecule has 18 heavy (non-hydrogen) atoms. The van der Waals surface area contributed by atoms with Gasteiger partial charge in [-0.3, -0.25) is 4.79 Å². The predicted octanol–water partition coefficient (Wildman–Crippen LogP) is 4.33. The van der Waals surface area contributed by atoms with E-state index in [0.29, 0.717) is 12.0 Å². The summed E-state index contributed by atoms with van der Waals surface area (Å²) in [6, 6.07) is 8.42. The third kappa shape index (κ3) is 2.45. The van der Waals surface area contributed by atoms with Crippen LogP contribution in [0.25, 0.3) is 0 Å². The monoisotopic (exact) mass is 252 g/mol. The quantitative estimate of drug-likeness (QED) is 0.544. The molecule has 1 fully saturated rings.